The third-order valence-electron chi connectivity index (χ3n) is 4.00. The van der Waals surface area contributed by atoms with Gasteiger partial charge in [-0.15, -0.1) is 5.10 Å². The quantitative estimate of drug-likeness (QED) is 0.610. The lowest BCUT2D eigenvalue weighted by Crippen LogP contribution is -2.16. The van der Waals surface area contributed by atoms with Crippen LogP contribution in [0.2, 0.25) is 0 Å². The molecule has 0 aliphatic heterocycles. The van der Waals surface area contributed by atoms with Gasteiger partial charge in [0.05, 0.1) is 25.4 Å². The molecule has 8 heteroatoms. The number of aromatic amines is 1. The Kier molecular flexibility index (Phi) is 3.92. The summed E-state index contributed by atoms with van der Waals surface area (Å²) in [7, 11) is 1.55. The molecule has 0 atom stereocenters. The van der Waals surface area contributed by atoms with E-state index in [9.17, 15) is 9.18 Å². The van der Waals surface area contributed by atoms with Crippen LogP contribution in [0.25, 0.3) is 22.2 Å². The van der Waals surface area contributed by atoms with E-state index < -0.39 is 5.82 Å². The standard InChI is InChI=1S/C18H14FN5O2/c1-26-17-5-3-12(8-20-17)16-10-24(23-22-16)9-13-6-11-2-4-14(19)7-15(11)21-18(13)25/h2-8,10H,9H2,1H3,(H,21,25). The van der Waals surface area contributed by atoms with Crippen molar-refractivity contribution in [2.75, 3.05) is 7.11 Å². The molecule has 4 aromatic rings. The summed E-state index contributed by atoms with van der Waals surface area (Å²) < 4.78 is 19.9. The van der Waals surface area contributed by atoms with Crippen molar-refractivity contribution in [3.05, 3.63) is 70.5 Å². The van der Waals surface area contributed by atoms with Crippen LogP contribution in [0.15, 0.2) is 53.6 Å². The van der Waals surface area contributed by atoms with Crippen molar-refractivity contribution >= 4 is 10.9 Å². The SMILES string of the molecule is COc1ccc(-c2cn(Cc3cc4ccc(F)cc4[nH]c3=O)nn2)cn1. The predicted molar refractivity (Wildman–Crippen MR) is 93.4 cm³/mol. The predicted octanol–water partition coefficient (Wildman–Crippen LogP) is 2.38. The van der Waals surface area contributed by atoms with E-state index in [0.29, 0.717) is 22.7 Å². The van der Waals surface area contributed by atoms with Crippen LogP contribution in [0.5, 0.6) is 5.88 Å². The second-order valence-electron chi connectivity index (χ2n) is 5.75. The summed E-state index contributed by atoms with van der Waals surface area (Å²) in [6, 6.07) is 9.57. The molecular formula is C18H14FN5O2. The van der Waals surface area contributed by atoms with Crippen LogP contribution in [0, 0.1) is 5.82 Å². The summed E-state index contributed by atoms with van der Waals surface area (Å²) in [5, 5.41) is 8.92. The number of rotatable bonds is 4. The molecule has 3 aromatic heterocycles. The Labute approximate surface area is 147 Å². The van der Waals surface area contributed by atoms with E-state index >= 15 is 0 Å². The summed E-state index contributed by atoms with van der Waals surface area (Å²) in [5.41, 5.74) is 2.11. The number of nitrogens with one attached hydrogen (secondary N) is 1. The number of hydrogen-bond donors (Lipinski definition) is 1. The van der Waals surface area contributed by atoms with E-state index in [0.717, 1.165) is 10.9 Å². The summed E-state index contributed by atoms with van der Waals surface area (Å²) in [6.07, 6.45) is 3.38. The Morgan fingerprint density at radius 2 is 2.12 bits per heavy atom. The summed E-state index contributed by atoms with van der Waals surface area (Å²) in [4.78, 5) is 19.1. The number of pyridine rings is 2. The van der Waals surface area contributed by atoms with Gasteiger partial charge in [0.1, 0.15) is 11.5 Å². The zero-order valence-electron chi connectivity index (χ0n) is 13.8. The van der Waals surface area contributed by atoms with Crippen molar-refractivity contribution in [1.29, 1.82) is 0 Å². The molecule has 7 nitrogen and oxygen atoms in total. The average Bonchev–Trinajstić information content (AvgIpc) is 3.11. The Morgan fingerprint density at radius 3 is 2.88 bits per heavy atom. The van der Waals surface area contributed by atoms with Crippen molar-refractivity contribution in [3.63, 3.8) is 0 Å². The largest absolute Gasteiger partial charge is 0.481 e. The van der Waals surface area contributed by atoms with Crippen LogP contribution in [0.1, 0.15) is 5.56 Å². The molecule has 1 aromatic carbocycles. The minimum Gasteiger partial charge on any atom is -0.481 e. The van der Waals surface area contributed by atoms with Crippen LogP contribution in [-0.2, 0) is 6.54 Å². The smallest absolute Gasteiger partial charge is 0.253 e. The summed E-state index contributed by atoms with van der Waals surface area (Å²) in [5.74, 6) is 0.121. The van der Waals surface area contributed by atoms with Gasteiger partial charge in [-0.2, -0.15) is 0 Å². The van der Waals surface area contributed by atoms with Gasteiger partial charge in [0.15, 0.2) is 0 Å². The Hall–Kier alpha value is -3.55. The maximum Gasteiger partial charge on any atom is 0.253 e. The normalized spacial score (nSPS) is 11.0. The van der Waals surface area contributed by atoms with E-state index in [2.05, 4.69) is 20.3 Å². The molecule has 1 N–H and O–H groups in total. The first-order chi connectivity index (χ1) is 12.6. The second kappa shape index (κ2) is 6.40. The average molecular weight is 351 g/mol. The number of nitrogens with zero attached hydrogens (tertiary/aromatic N) is 4. The highest BCUT2D eigenvalue weighted by Gasteiger charge is 2.09. The Balaban J connectivity index is 1.62. The Morgan fingerprint density at radius 1 is 1.23 bits per heavy atom. The highest BCUT2D eigenvalue weighted by Crippen LogP contribution is 2.18. The van der Waals surface area contributed by atoms with Gasteiger partial charge in [0.2, 0.25) is 5.88 Å². The van der Waals surface area contributed by atoms with Gasteiger partial charge in [-0.25, -0.2) is 14.1 Å². The van der Waals surface area contributed by atoms with Crippen LogP contribution in [0.4, 0.5) is 4.39 Å². The molecule has 0 unspecified atom stereocenters. The van der Waals surface area contributed by atoms with Crippen LogP contribution >= 0.6 is 0 Å². The molecule has 0 spiro atoms. The zero-order valence-corrected chi connectivity index (χ0v) is 13.8. The fourth-order valence-corrected chi connectivity index (χ4v) is 2.67. The molecule has 0 saturated carbocycles. The molecular weight excluding hydrogens is 337 g/mol. The van der Waals surface area contributed by atoms with Gasteiger partial charge >= 0.3 is 0 Å². The van der Waals surface area contributed by atoms with Gasteiger partial charge in [-0.3, -0.25) is 4.79 Å². The van der Waals surface area contributed by atoms with E-state index in [1.54, 1.807) is 42.4 Å². The molecule has 4 rings (SSSR count). The summed E-state index contributed by atoms with van der Waals surface area (Å²) >= 11 is 0. The minimum absolute atomic E-state index is 0.249. The third kappa shape index (κ3) is 3.04. The van der Waals surface area contributed by atoms with E-state index in [-0.39, 0.29) is 12.1 Å². The molecule has 0 aliphatic rings. The van der Waals surface area contributed by atoms with Crippen LogP contribution in [0.3, 0.4) is 0 Å². The van der Waals surface area contributed by atoms with Crippen molar-refractivity contribution in [2.45, 2.75) is 6.54 Å². The molecule has 26 heavy (non-hydrogen) atoms. The molecule has 3 heterocycles. The molecule has 0 bridgehead atoms. The number of methoxy groups -OCH3 is 1. The first-order valence-corrected chi connectivity index (χ1v) is 7.84. The van der Waals surface area contributed by atoms with Gasteiger partial charge in [-0.1, -0.05) is 5.21 Å². The third-order valence-corrected chi connectivity index (χ3v) is 4.00. The molecule has 0 saturated heterocycles. The number of halogens is 1. The molecule has 0 fully saturated rings. The fourth-order valence-electron chi connectivity index (χ4n) is 2.67. The number of hydrogen-bond acceptors (Lipinski definition) is 5. The number of benzene rings is 1. The minimum atomic E-state index is -0.394. The lowest BCUT2D eigenvalue weighted by Gasteiger charge is -2.03. The van der Waals surface area contributed by atoms with Crippen LogP contribution < -0.4 is 10.3 Å². The van der Waals surface area contributed by atoms with Crippen molar-refractivity contribution < 1.29 is 9.13 Å². The maximum absolute atomic E-state index is 13.3. The molecule has 0 radical (unpaired) electrons. The van der Waals surface area contributed by atoms with Gasteiger partial charge in [0.25, 0.3) is 5.56 Å². The first kappa shape index (κ1) is 15.9. The van der Waals surface area contributed by atoms with E-state index in [1.165, 1.54) is 12.1 Å². The number of H-pyrrole nitrogens is 1. The van der Waals surface area contributed by atoms with Gasteiger partial charge < -0.3 is 9.72 Å². The highest BCUT2D eigenvalue weighted by molar-refractivity contribution is 5.78. The molecule has 130 valence electrons. The number of aromatic nitrogens is 5. The second-order valence-corrected chi connectivity index (χ2v) is 5.75. The Bertz CT molecular complexity index is 1130. The van der Waals surface area contributed by atoms with E-state index in [1.807, 2.05) is 6.07 Å². The molecule has 0 amide bonds. The topological polar surface area (TPSA) is 85.7 Å². The van der Waals surface area contributed by atoms with E-state index in [4.69, 9.17) is 4.74 Å². The first-order valence-electron chi connectivity index (χ1n) is 7.84. The maximum atomic E-state index is 13.3. The lowest BCUT2D eigenvalue weighted by atomic mass is 10.1. The van der Waals surface area contributed by atoms with Crippen molar-refractivity contribution in [2.24, 2.45) is 0 Å². The molecule has 0 aliphatic carbocycles. The zero-order chi connectivity index (χ0) is 18.1. The van der Waals surface area contributed by atoms with Crippen LogP contribution in [-0.4, -0.2) is 32.1 Å². The fraction of sp³-hybridized carbons (Fsp3) is 0.111. The van der Waals surface area contributed by atoms with Gasteiger partial charge in [0, 0.05) is 23.4 Å². The highest BCUT2D eigenvalue weighted by atomic mass is 19.1. The number of fused-ring (bicyclic) bond motifs is 1. The van der Waals surface area contributed by atoms with Crippen molar-refractivity contribution in [3.8, 4) is 17.1 Å². The monoisotopic (exact) mass is 351 g/mol. The number of ether oxygens (including phenoxy) is 1. The van der Waals surface area contributed by atoms with Crippen molar-refractivity contribution in [1.82, 2.24) is 25.0 Å². The summed E-state index contributed by atoms with van der Waals surface area (Å²) in [6.45, 7) is 0.249. The van der Waals surface area contributed by atoms with Gasteiger partial charge in [-0.05, 0) is 35.7 Å². The lowest BCUT2D eigenvalue weighted by molar-refractivity contribution is 0.398.